The summed E-state index contributed by atoms with van der Waals surface area (Å²) >= 11 is 0. The fourth-order valence-corrected chi connectivity index (χ4v) is 10.2. The van der Waals surface area contributed by atoms with Crippen LogP contribution in [0.2, 0.25) is 0 Å². The molecule has 1 aliphatic carbocycles. The predicted molar refractivity (Wildman–Crippen MR) is 254 cm³/mol. The smallest absolute Gasteiger partial charge is 0.326 e. The molecule has 0 spiro atoms. The Kier molecular flexibility index (Phi) is 14.0. The Morgan fingerprint density at radius 3 is 1.85 bits per heavy atom. The van der Waals surface area contributed by atoms with Gasteiger partial charge in [0.1, 0.15) is 28.8 Å². The lowest BCUT2D eigenvalue weighted by atomic mass is 9.87. The molecule has 14 heteroatoms. The molecule has 3 aliphatic heterocycles. The van der Waals surface area contributed by atoms with Crippen molar-refractivity contribution < 1.29 is 29.1 Å². The number of carbonyl (C=O) groups is 5. The van der Waals surface area contributed by atoms with Crippen LogP contribution in [-0.4, -0.2) is 115 Å². The van der Waals surface area contributed by atoms with Crippen LogP contribution < -0.4 is 10.6 Å². The number of nitrogens with zero attached hydrogens (tertiary/aromatic N) is 6. The van der Waals surface area contributed by atoms with Crippen molar-refractivity contribution in [3.8, 4) is 22.3 Å². The highest BCUT2D eigenvalue weighted by molar-refractivity contribution is 6.01. The van der Waals surface area contributed by atoms with Crippen molar-refractivity contribution >= 4 is 29.6 Å². The fourth-order valence-electron chi connectivity index (χ4n) is 10.2. The molecule has 3 N–H and O–H groups in total. The van der Waals surface area contributed by atoms with Crippen LogP contribution in [0, 0.1) is 5.92 Å². The Morgan fingerprint density at radius 2 is 1.22 bits per heavy atom. The molecule has 0 saturated carbocycles. The van der Waals surface area contributed by atoms with Crippen LogP contribution in [0.15, 0.2) is 116 Å². The van der Waals surface area contributed by atoms with Gasteiger partial charge in [-0.05, 0) is 147 Å². The van der Waals surface area contributed by atoms with Crippen LogP contribution in [0.3, 0.4) is 0 Å². The average Bonchev–Trinajstić information content (AvgIpc) is 4.23. The maximum atomic E-state index is 14.7. The summed E-state index contributed by atoms with van der Waals surface area (Å²) in [5, 5.41) is 16.0. The number of pyridine rings is 2. The first kappa shape index (κ1) is 45.2. The molecule has 9 rings (SSSR count). The second-order valence-corrected chi connectivity index (χ2v) is 18.3. The zero-order chi connectivity index (χ0) is 46.3. The minimum Gasteiger partial charge on any atom is -0.480 e. The largest absolute Gasteiger partial charge is 0.480 e. The van der Waals surface area contributed by atoms with Gasteiger partial charge >= 0.3 is 5.97 Å². The minimum absolute atomic E-state index is 0.00580. The van der Waals surface area contributed by atoms with Gasteiger partial charge in [0.25, 0.3) is 23.6 Å². The number of aliphatic carboxylic acids is 1. The van der Waals surface area contributed by atoms with Gasteiger partial charge in [-0.15, -0.1) is 0 Å². The molecule has 3 fully saturated rings. The number of hydrogen-bond donors (Lipinski definition) is 3. The molecule has 6 heterocycles. The molecule has 3 aromatic heterocycles. The molecule has 346 valence electrons. The van der Waals surface area contributed by atoms with Crippen molar-refractivity contribution in [2.24, 2.45) is 5.92 Å². The number of rotatable bonds is 15. The van der Waals surface area contributed by atoms with Crippen LogP contribution in [0.25, 0.3) is 22.3 Å². The van der Waals surface area contributed by atoms with E-state index in [1.165, 1.54) is 6.07 Å². The van der Waals surface area contributed by atoms with Crippen molar-refractivity contribution in [3.63, 3.8) is 0 Å². The average molecular weight is 903 g/mol. The van der Waals surface area contributed by atoms with Gasteiger partial charge in [-0.25, -0.2) is 14.8 Å². The van der Waals surface area contributed by atoms with E-state index < -0.39 is 23.8 Å². The standard InChI is InChI=1S/C53H58N8O6/c62-49(54-33-36-14-11-19-39(28-36)37-15-3-1-4-16-37)44-29-40(31-46(55-44)51(64)60-26-12-20-42(60)34-58-22-7-8-23-58)41-30-45(50(63)57-48(53(66)67)38-17-5-2-6-18-38)56-47(32-41)52(65)61-27-13-21-43(61)35-59-24-9-10-25-59/h1-5,9-11,14-16,19,24-25,28-32,38,42-43,48H,6-8,12-13,17-18,20-23,26-27,33-35H2,(H,54,62)(H,57,63)(H,66,67)/t38-,42-,43-,48-/m1/s1. The van der Waals surface area contributed by atoms with Gasteiger partial charge in [-0.3, -0.25) is 19.2 Å². The number of carboxylic acid groups (broad SMARTS) is 1. The van der Waals surface area contributed by atoms with Crippen molar-refractivity contribution in [3.05, 3.63) is 144 Å². The lowest BCUT2D eigenvalue weighted by Crippen LogP contribution is -2.46. The van der Waals surface area contributed by atoms with E-state index in [1.807, 2.05) is 101 Å². The van der Waals surface area contributed by atoms with Crippen LogP contribution in [-0.2, 0) is 17.9 Å². The first-order valence-electron chi connectivity index (χ1n) is 23.8. The van der Waals surface area contributed by atoms with Crippen molar-refractivity contribution in [1.82, 2.24) is 39.9 Å². The number of benzene rings is 2. The SMILES string of the molecule is O=C(NCc1cccc(-c2ccccc2)c1)c1cc(-c2cc(C(=O)N[C@@H](C(=O)O)[C@@H]3CC=CCC3)nc(C(=O)N3CCC[C@@H]3Cn3cccc3)c2)cc(C(=O)N2CCC[C@@H]2CN2CCCC2)n1. The predicted octanol–water partition coefficient (Wildman–Crippen LogP) is 7.09. The number of amides is 4. The van der Waals surface area contributed by atoms with E-state index >= 15 is 0 Å². The molecule has 4 aliphatic rings. The molecule has 4 amide bonds. The molecule has 5 aromatic rings. The van der Waals surface area contributed by atoms with E-state index in [4.69, 9.17) is 4.98 Å². The van der Waals surface area contributed by atoms with E-state index in [0.717, 1.165) is 74.8 Å². The van der Waals surface area contributed by atoms with E-state index in [2.05, 4.69) is 20.5 Å². The Bertz CT molecular complexity index is 2630. The van der Waals surface area contributed by atoms with Crippen LogP contribution in [0.5, 0.6) is 0 Å². The molecule has 0 unspecified atom stereocenters. The summed E-state index contributed by atoms with van der Waals surface area (Å²) in [5.41, 5.74) is 3.57. The topological polar surface area (TPSA) is 170 Å². The van der Waals surface area contributed by atoms with Crippen molar-refractivity contribution in [2.45, 2.75) is 89.0 Å². The summed E-state index contributed by atoms with van der Waals surface area (Å²) in [4.78, 5) is 85.9. The highest BCUT2D eigenvalue weighted by Gasteiger charge is 2.35. The molecule has 0 radical (unpaired) electrons. The maximum Gasteiger partial charge on any atom is 0.326 e. The third-order valence-corrected chi connectivity index (χ3v) is 13.7. The Balaban J connectivity index is 1.08. The van der Waals surface area contributed by atoms with Crippen LogP contribution >= 0.6 is 0 Å². The quantitative estimate of drug-likeness (QED) is 0.0930. The van der Waals surface area contributed by atoms with E-state index in [-0.39, 0.29) is 59.1 Å². The zero-order valence-corrected chi connectivity index (χ0v) is 37.8. The number of aromatic nitrogens is 3. The summed E-state index contributed by atoms with van der Waals surface area (Å²) in [5.74, 6) is -3.41. The van der Waals surface area contributed by atoms with Gasteiger partial charge in [0, 0.05) is 57.2 Å². The van der Waals surface area contributed by atoms with Crippen LogP contribution in [0.1, 0.15) is 105 Å². The Labute approximate surface area is 391 Å². The van der Waals surface area contributed by atoms with Gasteiger partial charge in [-0.2, -0.15) is 0 Å². The Morgan fingerprint density at radius 1 is 0.612 bits per heavy atom. The number of likely N-dealkylation sites (tertiary alicyclic amines) is 3. The molecule has 14 nitrogen and oxygen atoms in total. The van der Waals surface area contributed by atoms with Crippen LogP contribution in [0.4, 0.5) is 0 Å². The summed E-state index contributed by atoms with van der Waals surface area (Å²) in [6.45, 7) is 4.60. The normalized spacial score (nSPS) is 19.9. The van der Waals surface area contributed by atoms with Gasteiger partial charge in [0.15, 0.2) is 0 Å². The number of hydrogen-bond acceptors (Lipinski definition) is 8. The zero-order valence-electron chi connectivity index (χ0n) is 37.8. The fraction of sp³-hybridized carbons (Fsp3) is 0.377. The molecule has 2 aromatic carbocycles. The molecular weight excluding hydrogens is 845 g/mol. The van der Waals surface area contributed by atoms with Gasteiger partial charge in [0.2, 0.25) is 0 Å². The first-order valence-corrected chi connectivity index (χ1v) is 23.8. The molecule has 4 atom stereocenters. The number of carboxylic acids is 1. The lowest BCUT2D eigenvalue weighted by Gasteiger charge is -2.28. The second kappa shape index (κ2) is 20.7. The molecule has 67 heavy (non-hydrogen) atoms. The molecular formula is C53H58N8O6. The van der Waals surface area contributed by atoms with Crippen molar-refractivity contribution in [1.29, 1.82) is 0 Å². The maximum absolute atomic E-state index is 14.7. The highest BCUT2D eigenvalue weighted by Crippen LogP contribution is 2.30. The number of carbonyl (C=O) groups excluding carboxylic acids is 4. The monoisotopic (exact) mass is 902 g/mol. The minimum atomic E-state index is -1.19. The Hall–Kier alpha value is -6.93. The van der Waals surface area contributed by atoms with Gasteiger partial charge < -0.3 is 35.0 Å². The third kappa shape index (κ3) is 10.7. The van der Waals surface area contributed by atoms with E-state index in [9.17, 15) is 29.1 Å². The van der Waals surface area contributed by atoms with E-state index in [1.54, 1.807) is 23.1 Å². The summed E-state index contributed by atoms with van der Waals surface area (Å²) in [7, 11) is 0. The molecule has 0 bridgehead atoms. The number of nitrogens with one attached hydrogen (secondary N) is 2. The second-order valence-electron chi connectivity index (χ2n) is 18.3. The third-order valence-electron chi connectivity index (χ3n) is 13.7. The van der Waals surface area contributed by atoms with Crippen molar-refractivity contribution in [2.75, 3.05) is 32.7 Å². The summed E-state index contributed by atoms with van der Waals surface area (Å²) in [6.07, 6.45) is 15.2. The highest BCUT2D eigenvalue weighted by atomic mass is 16.4. The first-order chi connectivity index (χ1) is 32.7. The molecule has 3 saturated heterocycles. The number of allylic oxidation sites excluding steroid dienone is 2. The van der Waals surface area contributed by atoms with Gasteiger partial charge in [0.05, 0.1) is 0 Å². The van der Waals surface area contributed by atoms with Gasteiger partial charge in [-0.1, -0.05) is 60.7 Å². The lowest BCUT2D eigenvalue weighted by molar-refractivity contribution is -0.140. The van der Waals surface area contributed by atoms with E-state index in [0.29, 0.717) is 50.0 Å². The summed E-state index contributed by atoms with van der Waals surface area (Å²) < 4.78 is 2.03. The summed E-state index contributed by atoms with van der Waals surface area (Å²) in [6, 6.07) is 26.7.